The van der Waals surface area contributed by atoms with E-state index in [2.05, 4.69) is 0 Å². The Labute approximate surface area is 132 Å². The van der Waals surface area contributed by atoms with Crippen molar-refractivity contribution in [1.82, 2.24) is 0 Å². The van der Waals surface area contributed by atoms with Gasteiger partial charge in [-0.15, -0.1) is 0 Å². The van der Waals surface area contributed by atoms with E-state index < -0.39 is 13.5 Å². The van der Waals surface area contributed by atoms with E-state index in [1.165, 1.54) is 30.3 Å². The molecule has 0 fully saturated rings. The smallest absolute Gasteiger partial charge is 0.427 e. The van der Waals surface area contributed by atoms with Crippen LogP contribution in [0.5, 0.6) is 11.5 Å². The largest absolute Gasteiger partial charge is 0.508 e. The average molecular weight is 337 g/mol. The number of hydrogen-bond donors (Lipinski definition) is 5. The Morgan fingerprint density at radius 2 is 1.70 bits per heavy atom. The topological polar surface area (TPSA) is 127 Å². The number of carbonyl (C=O) groups excluding carboxylic acids is 1. The molecule has 2 aromatic carbocycles. The summed E-state index contributed by atoms with van der Waals surface area (Å²) in [6.07, 6.45) is 0.404. The van der Waals surface area contributed by atoms with Crippen molar-refractivity contribution in [2.75, 3.05) is 5.09 Å². The van der Waals surface area contributed by atoms with Crippen LogP contribution in [0.25, 0.3) is 0 Å². The van der Waals surface area contributed by atoms with Crippen molar-refractivity contribution in [1.29, 1.82) is 0 Å². The Morgan fingerprint density at radius 3 is 2.30 bits per heavy atom. The Balaban J connectivity index is 2.18. The number of phenolic OH excluding ortho intramolecular Hbond substituents is 2. The number of rotatable bonds is 6. The number of ketones is 1. The van der Waals surface area contributed by atoms with Crippen molar-refractivity contribution < 1.29 is 29.4 Å². The van der Waals surface area contributed by atoms with Crippen LogP contribution in [-0.4, -0.2) is 25.8 Å². The first-order valence-corrected chi connectivity index (χ1v) is 8.34. The molecule has 0 spiro atoms. The van der Waals surface area contributed by atoms with Crippen molar-refractivity contribution in [3.63, 3.8) is 0 Å². The van der Waals surface area contributed by atoms with E-state index in [1.807, 2.05) is 5.09 Å². The predicted octanol–water partition coefficient (Wildman–Crippen LogP) is 2.42. The number of hydrogen-bond acceptors (Lipinski definition) is 4. The van der Waals surface area contributed by atoms with E-state index in [9.17, 15) is 19.6 Å². The number of aryl methyl sites for hydroxylation is 1. The molecule has 8 heteroatoms. The van der Waals surface area contributed by atoms with E-state index >= 15 is 0 Å². The average Bonchev–Trinajstić information content (AvgIpc) is 2.45. The number of benzene rings is 2. The second kappa shape index (κ2) is 6.83. The van der Waals surface area contributed by atoms with Crippen LogP contribution >= 0.6 is 7.75 Å². The molecule has 0 bridgehead atoms. The van der Waals surface area contributed by atoms with Crippen LogP contribution in [-0.2, 0) is 11.0 Å². The molecule has 7 nitrogen and oxygen atoms in total. The highest BCUT2D eigenvalue weighted by atomic mass is 31.2. The molecule has 0 atom stereocenters. The van der Waals surface area contributed by atoms with Gasteiger partial charge in [0.1, 0.15) is 11.5 Å². The van der Waals surface area contributed by atoms with Crippen molar-refractivity contribution in [2.45, 2.75) is 12.8 Å². The normalized spacial score (nSPS) is 11.2. The Bertz CT molecular complexity index is 753. The minimum absolute atomic E-state index is 0.0399. The van der Waals surface area contributed by atoms with Crippen LogP contribution in [0.4, 0.5) is 5.69 Å². The zero-order chi connectivity index (χ0) is 17.0. The summed E-state index contributed by atoms with van der Waals surface area (Å²) in [6, 6.07) is 10.3. The van der Waals surface area contributed by atoms with E-state index in [4.69, 9.17) is 9.79 Å². The molecule has 2 rings (SSSR count). The van der Waals surface area contributed by atoms with Gasteiger partial charge in [-0.3, -0.25) is 9.88 Å². The monoisotopic (exact) mass is 337 g/mol. The molecule has 0 saturated carbocycles. The first-order chi connectivity index (χ1) is 10.8. The maximum absolute atomic E-state index is 12.3. The summed E-state index contributed by atoms with van der Waals surface area (Å²) in [7, 11) is -4.60. The van der Waals surface area contributed by atoms with Crippen LogP contribution in [0.15, 0.2) is 42.5 Å². The van der Waals surface area contributed by atoms with Crippen LogP contribution in [0.3, 0.4) is 0 Å². The first kappa shape index (κ1) is 17.0. The highest BCUT2D eigenvalue weighted by molar-refractivity contribution is 7.53. The number of aromatic hydroxyl groups is 2. The van der Waals surface area contributed by atoms with Gasteiger partial charge in [-0.05, 0) is 36.2 Å². The van der Waals surface area contributed by atoms with Crippen LogP contribution in [0.1, 0.15) is 22.3 Å². The second-order valence-electron chi connectivity index (χ2n) is 4.95. The van der Waals surface area contributed by atoms with E-state index in [1.54, 1.807) is 12.1 Å². The van der Waals surface area contributed by atoms with Gasteiger partial charge in [0.15, 0.2) is 5.78 Å². The summed E-state index contributed by atoms with van der Waals surface area (Å²) in [6.45, 7) is 0. The third kappa shape index (κ3) is 4.82. The predicted molar refractivity (Wildman–Crippen MR) is 84.5 cm³/mol. The molecule has 0 amide bonds. The van der Waals surface area contributed by atoms with Crippen molar-refractivity contribution >= 4 is 19.2 Å². The Hall–Kier alpha value is -2.34. The molecule has 122 valence electrons. The van der Waals surface area contributed by atoms with Gasteiger partial charge in [0.25, 0.3) is 0 Å². The zero-order valence-electron chi connectivity index (χ0n) is 12.0. The summed E-state index contributed by atoms with van der Waals surface area (Å²) in [5.41, 5.74) is 0.541. The standard InChI is InChI=1S/C15H16NO6P/c17-11-7-4-10(5-8-11)6-9-14(19)15-12(16-23(20,21)22)2-1-3-13(15)18/h1-5,7-8,17-18H,6,9H2,(H3,16,20,21,22). The van der Waals surface area contributed by atoms with Gasteiger partial charge >= 0.3 is 7.75 Å². The molecule has 5 N–H and O–H groups in total. The lowest BCUT2D eigenvalue weighted by atomic mass is 10.0. The van der Waals surface area contributed by atoms with Gasteiger partial charge < -0.3 is 20.0 Å². The van der Waals surface area contributed by atoms with Crippen molar-refractivity contribution in [3.05, 3.63) is 53.6 Å². The molecular formula is C15H16NO6P. The van der Waals surface area contributed by atoms with Gasteiger partial charge in [0, 0.05) is 6.42 Å². The van der Waals surface area contributed by atoms with Gasteiger partial charge in [-0.25, -0.2) is 4.57 Å². The summed E-state index contributed by atoms with van der Waals surface area (Å²) >= 11 is 0. The van der Waals surface area contributed by atoms with Crippen LogP contribution in [0.2, 0.25) is 0 Å². The fourth-order valence-corrected chi connectivity index (χ4v) is 2.63. The van der Waals surface area contributed by atoms with Crippen LogP contribution in [0, 0.1) is 0 Å². The van der Waals surface area contributed by atoms with Crippen molar-refractivity contribution in [2.24, 2.45) is 0 Å². The molecular weight excluding hydrogens is 321 g/mol. The van der Waals surface area contributed by atoms with Gasteiger partial charge in [0.2, 0.25) is 0 Å². The lowest BCUT2D eigenvalue weighted by molar-refractivity contribution is 0.0981. The molecule has 0 radical (unpaired) electrons. The summed E-state index contributed by atoms with van der Waals surface area (Å²) in [5, 5.41) is 21.0. The number of anilines is 1. The maximum atomic E-state index is 12.3. The molecule has 0 heterocycles. The van der Waals surface area contributed by atoms with Gasteiger partial charge in [0.05, 0.1) is 11.3 Å². The Kier molecular flexibility index (Phi) is 5.05. The lowest BCUT2D eigenvalue weighted by Gasteiger charge is -2.13. The molecule has 0 unspecified atom stereocenters. The van der Waals surface area contributed by atoms with Gasteiger partial charge in [-0.1, -0.05) is 18.2 Å². The fraction of sp³-hybridized carbons (Fsp3) is 0.133. The van der Waals surface area contributed by atoms with Crippen molar-refractivity contribution in [3.8, 4) is 11.5 Å². The minimum Gasteiger partial charge on any atom is -0.508 e. The SMILES string of the molecule is O=C(CCc1ccc(O)cc1)c1c(O)cccc1NP(=O)(O)O. The second-order valence-corrected chi connectivity index (χ2v) is 6.26. The fourth-order valence-electron chi connectivity index (χ4n) is 2.13. The maximum Gasteiger partial charge on any atom is 0.427 e. The number of nitrogens with one attached hydrogen (secondary N) is 1. The third-order valence-corrected chi connectivity index (χ3v) is 3.70. The molecule has 0 aliphatic rings. The van der Waals surface area contributed by atoms with E-state index in [0.29, 0.717) is 6.42 Å². The number of carbonyl (C=O) groups is 1. The third-order valence-electron chi connectivity index (χ3n) is 3.16. The van der Waals surface area contributed by atoms with Gasteiger partial charge in [-0.2, -0.15) is 0 Å². The summed E-state index contributed by atoms with van der Waals surface area (Å²) in [5.74, 6) is -0.680. The molecule has 0 aliphatic carbocycles. The highest BCUT2D eigenvalue weighted by Gasteiger charge is 2.21. The minimum atomic E-state index is -4.60. The first-order valence-electron chi connectivity index (χ1n) is 6.73. The Morgan fingerprint density at radius 1 is 1.04 bits per heavy atom. The van der Waals surface area contributed by atoms with E-state index in [-0.39, 0.29) is 29.2 Å². The molecule has 0 aromatic heterocycles. The number of Topliss-reactive ketones (excluding diaryl/α,β-unsaturated/α-hetero) is 1. The van der Waals surface area contributed by atoms with Crippen LogP contribution < -0.4 is 5.09 Å². The quantitative estimate of drug-likeness (QED) is 0.404. The molecule has 23 heavy (non-hydrogen) atoms. The van der Waals surface area contributed by atoms with E-state index in [0.717, 1.165) is 5.56 Å². The number of phenols is 2. The zero-order valence-corrected chi connectivity index (χ0v) is 12.9. The molecule has 0 saturated heterocycles. The molecule has 2 aromatic rings. The highest BCUT2D eigenvalue weighted by Crippen LogP contribution is 2.39. The lowest BCUT2D eigenvalue weighted by Crippen LogP contribution is -2.07. The molecule has 0 aliphatic heterocycles. The summed E-state index contributed by atoms with van der Waals surface area (Å²) < 4.78 is 11.1. The summed E-state index contributed by atoms with van der Waals surface area (Å²) in [4.78, 5) is 30.3.